The van der Waals surface area contributed by atoms with Crippen molar-refractivity contribution in [2.75, 3.05) is 11.9 Å². The third-order valence-corrected chi connectivity index (χ3v) is 4.11. The van der Waals surface area contributed by atoms with E-state index in [1.165, 1.54) is 43.3 Å². The van der Waals surface area contributed by atoms with E-state index in [0.29, 0.717) is 16.6 Å². The van der Waals surface area contributed by atoms with E-state index in [2.05, 4.69) is 10.3 Å². The highest BCUT2D eigenvalue weighted by Crippen LogP contribution is 2.19. The van der Waals surface area contributed by atoms with Crippen molar-refractivity contribution >= 4 is 34.3 Å². The summed E-state index contributed by atoms with van der Waals surface area (Å²) in [5, 5.41) is 2.94. The number of carbonyl (C=O) groups excluding carboxylic acids is 3. The van der Waals surface area contributed by atoms with Crippen molar-refractivity contribution in [3.63, 3.8) is 0 Å². The van der Waals surface area contributed by atoms with Crippen LogP contribution in [0.5, 0.6) is 0 Å². The summed E-state index contributed by atoms with van der Waals surface area (Å²) >= 11 is 0. The Morgan fingerprint density at radius 3 is 2.48 bits per heavy atom. The topological polar surface area (TPSA) is 85.4 Å². The van der Waals surface area contributed by atoms with Crippen LogP contribution in [0.1, 0.15) is 33.3 Å². The maximum Gasteiger partial charge on any atom is 0.340 e. The molecule has 0 aliphatic rings. The lowest BCUT2D eigenvalue weighted by Crippen LogP contribution is -2.17. The van der Waals surface area contributed by atoms with Crippen LogP contribution in [0.4, 0.5) is 14.5 Å². The molecule has 0 saturated heterocycles. The molecular weight excluding hydrogens is 382 g/mol. The molecular formula is C21H16F2N2O4. The van der Waals surface area contributed by atoms with E-state index in [1.54, 1.807) is 6.92 Å². The average Bonchev–Trinajstić information content (AvgIpc) is 2.64. The van der Waals surface area contributed by atoms with Crippen molar-refractivity contribution in [3.05, 3.63) is 70.9 Å². The number of aromatic nitrogens is 1. The quantitative estimate of drug-likeness (QED) is 0.522. The summed E-state index contributed by atoms with van der Waals surface area (Å²) in [5.74, 6) is -3.21. The Bertz CT molecular complexity index is 1140. The fourth-order valence-corrected chi connectivity index (χ4v) is 2.75. The molecule has 0 aliphatic carbocycles. The Balaban J connectivity index is 1.73. The van der Waals surface area contributed by atoms with E-state index < -0.39 is 30.0 Å². The molecule has 0 fully saturated rings. The average molecular weight is 398 g/mol. The maximum absolute atomic E-state index is 14.1. The molecule has 29 heavy (non-hydrogen) atoms. The lowest BCUT2D eigenvalue weighted by Gasteiger charge is -2.09. The molecule has 148 valence electrons. The van der Waals surface area contributed by atoms with Crippen molar-refractivity contribution in [2.24, 2.45) is 0 Å². The van der Waals surface area contributed by atoms with Gasteiger partial charge in [-0.1, -0.05) is 0 Å². The van der Waals surface area contributed by atoms with Gasteiger partial charge >= 0.3 is 5.97 Å². The number of halogens is 2. The number of hydrogen-bond acceptors (Lipinski definition) is 5. The van der Waals surface area contributed by atoms with Crippen LogP contribution >= 0.6 is 0 Å². The predicted molar refractivity (Wildman–Crippen MR) is 102 cm³/mol. The largest absolute Gasteiger partial charge is 0.454 e. The smallest absolute Gasteiger partial charge is 0.340 e. The van der Waals surface area contributed by atoms with Crippen molar-refractivity contribution in [1.29, 1.82) is 0 Å². The second kappa shape index (κ2) is 8.14. The van der Waals surface area contributed by atoms with E-state index in [9.17, 15) is 23.2 Å². The van der Waals surface area contributed by atoms with E-state index in [1.807, 2.05) is 0 Å². The second-order valence-corrected chi connectivity index (χ2v) is 6.33. The first-order valence-electron chi connectivity index (χ1n) is 8.59. The van der Waals surface area contributed by atoms with Gasteiger partial charge in [0.2, 0.25) is 11.7 Å². The first kappa shape index (κ1) is 20.1. The van der Waals surface area contributed by atoms with Crippen LogP contribution in [0.3, 0.4) is 0 Å². The molecule has 8 heteroatoms. The Kier molecular flexibility index (Phi) is 5.63. The number of esters is 1. The number of nitrogens with zero attached hydrogens (tertiary/aromatic N) is 1. The number of nitrogens with one attached hydrogen (secondary N) is 1. The number of rotatable bonds is 5. The number of carbonyl (C=O) groups is 3. The highest BCUT2D eigenvalue weighted by atomic mass is 19.1. The monoisotopic (exact) mass is 398 g/mol. The van der Waals surface area contributed by atoms with E-state index in [-0.39, 0.29) is 22.7 Å². The van der Waals surface area contributed by atoms with Crippen LogP contribution in [0.15, 0.2) is 42.5 Å². The van der Waals surface area contributed by atoms with Crippen LogP contribution in [0.25, 0.3) is 10.9 Å². The van der Waals surface area contributed by atoms with Crippen LogP contribution in [0.2, 0.25) is 0 Å². The Hall–Kier alpha value is -3.68. The Morgan fingerprint density at radius 2 is 1.79 bits per heavy atom. The van der Waals surface area contributed by atoms with Crippen molar-refractivity contribution < 1.29 is 27.9 Å². The molecule has 0 atom stereocenters. The number of anilines is 1. The molecule has 3 aromatic rings. The van der Waals surface area contributed by atoms with Gasteiger partial charge in [-0.05, 0) is 43.3 Å². The highest BCUT2D eigenvalue weighted by Gasteiger charge is 2.18. The SMILES string of the molecule is CC(=O)Nc1ccc(C(=O)COC(=O)c2cc3ccc(F)cc3nc2C)c(F)c1. The van der Waals surface area contributed by atoms with Gasteiger partial charge < -0.3 is 10.1 Å². The minimum atomic E-state index is -0.845. The molecule has 0 bridgehead atoms. The van der Waals surface area contributed by atoms with Gasteiger partial charge in [0.25, 0.3) is 0 Å². The number of ketones is 1. The zero-order valence-corrected chi connectivity index (χ0v) is 15.6. The molecule has 0 spiro atoms. The van der Waals surface area contributed by atoms with E-state index >= 15 is 0 Å². The molecule has 0 aliphatic heterocycles. The fraction of sp³-hybridized carbons (Fsp3) is 0.143. The van der Waals surface area contributed by atoms with Crippen molar-refractivity contribution in [1.82, 2.24) is 4.98 Å². The fourth-order valence-electron chi connectivity index (χ4n) is 2.75. The summed E-state index contributed by atoms with van der Waals surface area (Å²) in [4.78, 5) is 39.7. The second-order valence-electron chi connectivity index (χ2n) is 6.33. The molecule has 0 radical (unpaired) electrons. The Labute approximate surface area is 164 Å². The van der Waals surface area contributed by atoms with Gasteiger partial charge in [0.05, 0.1) is 22.3 Å². The molecule has 1 amide bonds. The molecule has 3 rings (SSSR count). The third-order valence-electron chi connectivity index (χ3n) is 4.11. The molecule has 1 heterocycles. The van der Waals surface area contributed by atoms with E-state index in [0.717, 1.165) is 6.07 Å². The summed E-state index contributed by atoms with van der Waals surface area (Å²) in [5.41, 5.74) is 0.759. The summed E-state index contributed by atoms with van der Waals surface area (Å²) < 4.78 is 32.4. The minimum absolute atomic E-state index is 0.124. The van der Waals surface area contributed by atoms with Gasteiger partial charge in [0.1, 0.15) is 11.6 Å². The highest BCUT2D eigenvalue weighted by molar-refractivity contribution is 6.01. The number of hydrogen-bond donors (Lipinski definition) is 1. The van der Waals surface area contributed by atoms with Crippen LogP contribution in [-0.2, 0) is 9.53 Å². The van der Waals surface area contributed by atoms with Crippen molar-refractivity contribution in [3.8, 4) is 0 Å². The molecule has 0 saturated carbocycles. The number of ether oxygens (including phenoxy) is 1. The van der Waals surface area contributed by atoms with Crippen LogP contribution < -0.4 is 5.32 Å². The molecule has 6 nitrogen and oxygen atoms in total. The van der Waals surface area contributed by atoms with Gasteiger partial charge in [0.15, 0.2) is 6.61 Å². The predicted octanol–water partition coefficient (Wildman–Crippen LogP) is 3.82. The number of benzene rings is 2. The summed E-state index contributed by atoms with van der Waals surface area (Å²) in [6.07, 6.45) is 0. The third kappa shape index (κ3) is 4.60. The van der Waals surface area contributed by atoms with Gasteiger partial charge in [0, 0.05) is 24.1 Å². The van der Waals surface area contributed by atoms with Gasteiger partial charge in [-0.2, -0.15) is 0 Å². The van der Waals surface area contributed by atoms with Gasteiger partial charge in [-0.15, -0.1) is 0 Å². The number of aryl methyl sites for hydroxylation is 1. The number of Topliss-reactive ketones (excluding diaryl/α,β-unsaturated/α-hetero) is 1. The van der Waals surface area contributed by atoms with Crippen LogP contribution in [-0.4, -0.2) is 29.3 Å². The lowest BCUT2D eigenvalue weighted by atomic mass is 10.1. The summed E-state index contributed by atoms with van der Waals surface area (Å²) in [6.45, 7) is 2.16. The van der Waals surface area contributed by atoms with Gasteiger partial charge in [-0.3, -0.25) is 14.6 Å². The number of amides is 1. The molecule has 1 N–H and O–H groups in total. The first-order valence-corrected chi connectivity index (χ1v) is 8.59. The molecule has 2 aromatic carbocycles. The first-order chi connectivity index (χ1) is 13.7. The lowest BCUT2D eigenvalue weighted by molar-refractivity contribution is -0.114. The number of pyridine rings is 1. The zero-order chi connectivity index (χ0) is 21.1. The standard InChI is InChI=1S/C21H16F2N2O4/c1-11-17(7-13-3-4-14(22)8-19(13)24-11)21(28)29-10-20(27)16-6-5-15(9-18(16)23)25-12(2)26/h3-9H,10H2,1-2H3,(H,25,26). The number of fused-ring (bicyclic) bond motifs is 1. The van der Waals surface area contributed by atoms with Crippen molar-refractivity contribution in [2.45, 2.75) is 13.8 Å². The molecule has 1 aromatic heterocycles. The summed E-state index contributed by atoms with van der Waals surface area (Å²) in [6, 6.07) is 9.04. The normalized spacial score (nSPS) is 10.6. The van der Waals surface area contributed by atoms with Crippen LogP contribution in [0, 0.1) is 18.6 Å². The maximum atomic E-state index is 14.1. The van der Waals surface area contributed by atoms with E-state index in [4.69, 9.17) is 4.74 Å². The minimum Gasteiger partial charge on any atom is -0.454 e. The Morgan fingerprint density at radius 1 is 1.03 bits per heavy atom. The van der Waals surface area contributed by atoms with Gasteiger partial charge in [-0.25, -0.2) is 13.6 Å². The summed E-state index contributed by atoms with van der Waals surface area (Å²) in [7, 11) is 0. The molecule has 0 unspecified atom stereocenters. The zero-order valence-electron chi connectivity index (χ0n) is 15.6.